The molecular formula is C26H35N5O2. The molecule has 1 unspecified atom stereocenters. The van der Waals surface area contributed by atoms with Gasteiger partial charge in [-0.15, -0.1) is 0 Å². The van der Waals surface area contributed by atoms with Crippen molar-refractivity contribution in [3.63, 3.8) is 0 Å². The smallest absolute Gasteiger partial charge is 0.238 e. The van der Waals surface area contributed by atoms with E-state index in [1.165, 1.54) is 11.1 Å². The van der Waals surface area contributed by atoms with Crippen molar-refractivity contribution < 1.29 is 9.53 Å². The van der Waals surface area contributed by atoms with Crippen molar-refractivity contribution in [3.8, 4) is 11.8 Å². The number of carbonyl (C=O) groups is 1. The van der Waals surface area contributed by atoms with Gasteiger partial charge < -0.3 is 15.0 Å². The van der Waals surface area contributed by atoms with E-state index in [0.29, 0.717) is 18.7 Å². The van der Waals surface area contributed by atoms with Crippen LogP contribution in [0.1, 0.15) is 57.4 Å². The summed E-state index contributed by atoms with van der Waals surface area (Å²) in [6.07, 6.45) is 4.13. The van der Waals surface area contributed by atoms with Crippen molar-refractivity contribution in [2.45, 2.75) is 47.1 Å². The number of hydrogen-bond acceptors (Lipinski definition) is 6. The van der Waals surface area contributed by atoms with E-state index < -0.39 is 0 Å². The number of ether oxygens (including phenoxy) is 1. The molecule has 3 rings (SSSR count). The van der Waals surface area contributed by atoms with Crippen LogP contribution >= 0.6 is 0 Å². The first-order valence-electron chi connectivity index (χ1n) is 11.5. The van der Waals surface area contributed by atoms with Gasteiger partial charge in [-0.3, -0.25) is 9.69 Å². The lowest BCUT2D eigenvalue weighted by molar-refractivity contribution is -0.121. The number of pyridine rings is 1. The van der Waals surface area contributed by atoms with E-state index in [4.69, 9.17) is 10.00 Å². The van der Waals surface area contributed by atoms with Gasteiger partial charge in [0.1, 0.15) is 17.6 Å². The third-order valence-electron chi connectivity index (χ3n) is 5.72. The zero-order chi connectivity index (χ0) is 24.4. The Bertz CT molecular complexity index is 995. The summed E-state index contributed by atoms with van der Waals surface area (Å²) in [6, 6.07) is 11.9. The Morgan fingerprint density at radius 2 is 2.12 bits per heavy atom. The van der Waals surface area contributed by atoms with Crippen molar-refractivity contribution in [3.05, 3.63) is 65.1 Å². The largest absolute Gasteiger partial charge is 0.496 e. The van der Waals surface area contributed by atoms with Gasteiger partial charge >= 0.3 is 0 Å². The lowest BCUT2D eigenvalue weighted by atomic mass is 9.92. The molecule has 0 spiro atoms. The minimum Gasteiger partial charge on any atom is -0.496 e. The minimum absolute atomic E-state index is 0.0543. The van der Waals surface area contributed by atoms with E-state index in [2.05, 4.69) is 34.3 Å². The van der Waals surface area contributed by atoms with Crippen LogP contribution in [0.5, 0.6) is 5.75 Å². The van der Waals surface area contributed by atoms with E-state index in [1.807, 2.05) is 50.8 Å². The Morgan fingerprint density at radius 1 is 1.36 bits per heavy atom. The molecule has 0 aliphatic carbocycles. The first-order chi connectivity index (χ1) is 16.0. The van der Waals surface area contributed by atoms with Gasteiger partial charge in [0.25, 0.3) is 0 Å². The third kappa shape index (κ3) is 6.33. The van der Waals surface area contributed by atoms with Gasteiger partial charge in [-0.2, -0.15) is 5.26 Å². The molecule has 1 aromatic heterocycles. The average Bonchev–Trinajstić information content (AvgIpc) is 2.86. The SMILES string of the molecule is CC.CCN(/C(C)=C/NC(=O)CN1CCc2c(OC)cccc2C1C)c1ccc(C#N)cn1. The number of methoxy groups -OCH3 is 1. The Labute approximate surface area is 197 Å². The van der Waals surface area contributed by atoms with Gasteiger partial charge in [-0.05, 0) is 51.0 Å². The fourth-order valence-electron chi connectivity index (χ4n) is 3.99. The number of nitrogens with one attached hydrogen (secondary N) is 1. The van der Waals surface area contributed by atoms with Crippen LogP contribution < -0.4 is 15.0 Å². The van der Waals surface area contributed by atoms with Crippen molar-refractivity contribution in [2.75, 3.05) is 31.6 Å². The molecule has 1 atom stereocenters. The Kier molecular flexibility index (Phi) is 9.89. The molecule has 176 valence electrons. The summed E-state index contributed by atoms with van der Waals surface area (Å²) in [5.74, 6) is 1.60. The highest BCUT2D eigenvalue weighted by Crippen LogP contribution is 2.34. The van der Waals surface area contributed by atoms with E-state index in [9.17, 15) is 4.79 Å². The van der Waals surface area contributed by atoms with Crippen LogP contribution in [-0.4, -0.2) is 42.5 Å². The highest BCUT2D eigenvalue weighted by atomic mass is 16.5. The normalized spacial score (nSPS) is 15.4. The number of nitriles is 1. The molecule has 0 bridgehead atoms. The number of fused-ring (bicyclic) bond motifs is 1. The second-order valence-corrected chi connectivity index (χ2v) is 7.54. The number of rotatable bonds is 7. The molecule has 2 aromatic rings. The Hall–Kier alpha value is -3.37. The van der Waals surface area contributed by atoms with Gasteiger partial charge in [0.05, 0.1) is 19.2 Å². The van der Waals surface area contributed by atoms with Crippen LogP contribution in [0.3, 0.4) is 0 Å². The number of benzene rings is 1. The number of hydrogen-bond donors (Lipinski definition) is 1. The van der Waals surface area contributed by atoms with Crippen molar-refractivity contribution in [2.24, 2.45) is 0 Å². The molecule has 1 aliphatic rings. The van der Waals surface area contributed by atoms with Gasteiger partial charge in [0.2, 0.25) is 5.91 Å². The summed E-state index contributed by atoms with van der Waals surface area (Å²) in [5, 5.41) is 11.9. The fourth-order valence-corrected chi connectivity index (χ4v) is 3.99. The van der Waals surface area contributed by atoms with Crippen LogP contribution in [0, 0.1) is 11.3 Å². The molecule has 1 N–H and O–H groups in total. The highest BCUT2D eigenvalue weighted by Gasteiger charge is 2.27. The molecule has 1 amide bonds. The van der Waals surface area contributed by atoms with Crippen molar-refractivity contribution in [1.29, 1.82) is 5.26 Å². The molecule has 1 aromatic carbocycles. The standard InChI is InChI=1S/C24H29N5O2.C2H6/c1-5-29(23-10-9-19(13-25)15-26-23)17(2)14-27-24(30)16-28-12-11-21-20(18(28)3)7-6-8-22(21)31-4;1-2/h6-10,14-15,18H,5,11-12,16H2,1-4H3,(H,27,30);1-2H3/b17-14+;. The lowest BCUT2D eigenvalue weighted by Gasteiger charge is -2.35. The second-order valence-electron chi connectivity index (χ2n) is 7.54. The Balaban J connectivity index is 0.00000187. The van der Waals surface area contributed by atoms with Crippen molar-refractivity contribution >= 4 is 11.7 Å². The molecule has 0 radical (unpaired) electrons. The van der Waals surface area contributed by atoms with Gasteiger partial charge in [0, 0.05) is 42.8 Å². The summed E-state index contributed by atoms with van der Waals surface area (Å²) >= 11 is 0. The van der Waals surface area contributed by atoms with Gasteiger partial charge in [0.15, 0.2) is 0 Å². The third-order valence-corrected chi connectivity index (χ3v) is 5.72. The van der Waals surface area contributed by atoms with Gasteiger partial charge in [-0.1, -0.05) is 26.0 Å². The number of nitrogens with zero attached hydrogens (tertiary/aromatic N) is 4. The van der Waals surface area contributed by atoms with E-state index >= 15 is 0 Å². The Morgan fingerprint density at radius 3 is 2.73 bits per heavy atom. The van der Waals surface area contributed by atoms with Crippen molar-refractivity contribution in [1.82, 2.24) is 15.2 Å². The minimum atomic E-state index is -0.0543. The summed E-state index contributed by atoms with van der Waals surface area (Å²) in [7, 11) is 1.70. The lowest BCUT2D eigenvalue weighted by Crippen LogP contribution is -2.41. The van der Waals surface area contributed by atoms with Crippen LogP contribution in [0.4, 0.5) is 5.82 Å². The molecule has 2 heterocycles. The summed E-state index contributed by atoms with van der Waals surface area (Å²) < 4.78 is 5.49. The van der Waals surface area contributed by atoms with E-state index in [-0.39, 0.29) is 11.9 Å². The monoisotopic (exact) mass is 449 g/mol. The molecule has 0 saturated carbocycles. The number of anilines is 1. The zero-order valence-corrected chi connectivity index (χ0v) is 20.6. The molecular weight excluding hydrogens is 414 g/mol. The molecule has 0 fully saturated rings. The first-order valence-corrected chi connectivity index (χ1v) is 11.5. The summed E-state index contributed by atoms with van der Waals surface area (Å²) in [5.41, 5.74) is 3.84. The van der Waals surface area contributed by atoms with Crippen LogP contribution in [0.25, 0.3) is 0 Å². The maximum atomic E-state index is 12.6. The quantitative estimate of drug-likeness (QED) is 0.674. The van der Waals surface area contributed by atoms with E-state index in [1.54, 1.807) is 25.6 Å². The van der Waals surface area contributed by atoms with Gasteiger partial charge in [-0.25, -0.2) is 4.98 Å². The van der Waals surface area contributed by atoms with Crippen LogP contribution in [0.2, 0.25) is 0 Å². The molecule has 33 heavy (non-hydrogen) atoms. The molecule has 1 aliphatic heterocycles. The van der Waals surface area contributed by atoms with E-state index in [0.717, 1.165) is 30.2 Å². The van der Waals surface area contributed by atoms with Crippen LogP contribution in [0.15, 0.2) is 48.4 Å². The maximum absolute atomic E-state index is 12.6. The molecule has 7 nitrogen and oxygen atoms in total. The molecule has 7 heteroatoms. The molecule has 0 saturated heterocycles. The number of aromatic nitrogens is 1. The predicted octanol–water partition coefficient (Wildman–Crippen LogP) is 4.41. The maximum Gasteiger partial charge on any atom is 0.238 e. The predicted molar refractivity (Wildman–Crippen MR) is 132 cm³/mol. The zero-order valence-electron chi connectivity index (χ0n) is 20.6. The summed E-state index contributed by atoms with van der Waals surface area (Å²) in [4.78, 5) is 21.1. The first kappa shape index (κ1) is 25.9. The summed E-state index contributed by atoms with van der Waals surface area (Å²) in [6.45, 7) is 11.9. The number of amides is 1. The second kappa shape index (κ2) is 12.6. The topological polar surface area (TPSA) is 81.5 Å². The fraction of sp³-hybridized carbons (Fsp3) is 0.423. The average molecular weight is 450 g/mol. The highest BCUT2D eigenvalue weighted by molar-refractivity contribution is 5.79. The number of allylic oxidation sites excluding steroid dienone is 1. The number of carbonyl (C=O) groups excluding carboxylic acids is 1. The van der Waals surface area contributed by atoms with Crippen LogP contribution in [-0.2, 0) is 11.2 Å².